The maximum Gasteiger partial charge on any atom is 0.260 e. The van der Waals surface area contributed by atoms with Crippen LogP contribution in [0.1, 0.15) is 12.8 Å². The van der Waals surface area contributed by atoms with E-state index < -0.39 is 10.0 Å². The summed E-state index contributed by atoms with van der Waals surface area (Å²) in [4.78, 5) is 14.0. The Hall–Kier alpha value is -1.12. The topological polar surface area (TPSA) is 75.7 Å². The van der Waals surface area contributed by atoms with E-state index in [9.17, 15) is 13.2 Å². The summed E-state index contributed by atoms with van der Waals surface area (Å²) in [6, 6.07) is 7.31. The summed E-state index contributed by atoms with van der Waals surface area (Å²) in [6.45, 7) is 1.62. The molecule has 0 bridgehead atoms. The van der Waals surface area contributed by atoms with E-state index in [0.717, 1.165) is 23.6 Å². The summed E-state index contributed by atoms with van der Waals surface area (Å²) in [6.07, 6.45) is 2.94. The fourth-order valence-electron chi connectivity index (χ4n) is 2.49. The van der Waals surface area contributed by atoms with Gasteiger partial charge in [-0.25, -0.2) is 13.1 Å². The van der Waals surface area contributed by atoms with E-state index in [4.69, 9.17) is 4.74 Å². The van der Waals surface area contributed by atoms with Gasteiger partial charge in [-0.2, -0.15) is 0 Å². The van der Waals surface area contributed by atoms with Gasteiger partial charge in [-0.3, -0.25) is 4.79 Å². The Balaban J connectivity index is 1.80. The van der Waals surface area contributed by atoms with E-state index in [2.05, 4.69) is 20.7 Å². The third-order valence-electron chi connectivity index (χ3n) is 3.68. The summed E-state index contributed by atoms with van der Waals surface area (Å²) in [5.41, 5.74) is 0. The highest BCUT2D eigenvalue weighted by Gasteiger charge is 2.24. The van der Waals surface area contributed by atoms with Crippen molar-refractivity contribution in [2.45, 2.75) is 12.8 Å². The lowest BCUT2D eigenvalue weighted by molar-refractivity contribution is -0.135. The minimum atomic E-state index is -3.19. The number of ether oxygens (including phenoxy) is 1. The molecule has 1 unspecified atom stereocenters. The zero-order valence-corrected chi connectivity index (χ0v) is 15.4. The molecule has 0 spiro atoms. The Morgan fingerprint density at radius 2 is 2.09 bits per heavy atom. The van der Waals surface area contributed by atoms with Crippen LogP contribution < -0.4 is 9.46 Å². The molecule has 0 aromatic heterocycles. The molecule has 1 amide bonds. The van der Waals surface area contributed by atoms with E-state index in [0.29, 0.717) is 25.4 Å². The molecule has 2 rings (SSSR count). The molecular weight excluding hydrogens is 384 g/mol. The zero-order chi connectivity index (χ0) is 16.9. The summed E-state index contributed by atoms with van der Waals surface area (Å²) in [5, 5.41) is 0. The van der Waals surface area contributed by atoms with E-state index in [1.807, 2.05) is 12.1 Å². The lowest BCUT2D eigenvalue weighted by Gasteiger charge is -2.32. The number of nitrogens with zero attached hydrogens (tertiary/aromatic N) is 1. The van der Waals surface area contributed by atoms with Crippen LogP contribution in [0.15, 0.2) is 28.7 Å². The predicted octanol–water partition coefficient (Wildman–Crippen LogP) is 1.62. The molecule has 0 saturated carbocycles. The molecule has 1 aliphatic rings. The molecule has 1 heterocycles. The normalized spacial score (nSPS) is 18.7. The molecule has 1 aliphatic heterocycles. The summed E-state index contributed by atoms with van der Waals surface area (Å²) in [7, 11) is -3.19. The van der Waals surface area contributed by atoms with Gasteiger partial charge in [0.2, 0.25) is 10.0 Å². The molecule has 8 heteroatoms. The van der Waals surface area contributed by atoms with Crippen molar-refractivity contribution in [3.63, 3.8) is 0 Å². The molecule has 1 aromatic rings. The van der Waals surface area contributed by atoms with Gasteiger partial charge in [0.15, 0.2) is 6.61 Å². The molecule has 1 atom stereocenters. The van der Waals surface area contributed by atoms with E-state index in [1.54, 1.807) is 17.0 Å². The molecular formula is C15H21BrN2O4S. The molecule has 0 aliphatic carbocycles. The fourth-order valence-corrected chi connectivity index (χ4v) is 3.30. The van der Waals surface area contributed by atoms with Crippen molar-refractivity contribution in [2.24, 2.45) is 5.92 Å². The number of halogens is 1. The van der Waals surface area contributed by atoms with E-state index in [-0.39, 0.29) is 18.4 Å². The van der Waals surface area contributed by atoms with Gasteiger partial charge in [0.25, 0.3) is 5.91 Å². The minimum absolute atomic E-state index is 0.00609. The number of rotatable bonds is 6. The SMILES string of the molecule is CS(=O)(=O)NCC1CCCN(C(=O)COc2ccc(Br)cc2)C1. The Kier molecular flexibility index (Phi) is 6.43. The lowest BCUT2D eigenvalue weighted by Crippen LogP contribution is -2.45. The van der Waals surface area contributed by atoms with E-state index in [1.165, 1.54) is 0 Å². The van der Waals surface area contributed by atoms with Crippen LogP contribution in [0.4, 0.5) is 0 Å². The third kappa shape index (κ3) is 6.48. The molecule has 6 nitrogen and oxygen atoms in total. The van der Waals surface area contributed by atoms with Crippen molar-refractivity contribution in [2.75, 3.05) is 32.5 Å². The quantitative estimate of drug-likeness (QED) is 0.781. The van der Waals surface area contributed by atoms with Crippen LogP contribution >= 0.6 is 15.9 Å². The van der Waals surface area contributed by atoms with Gasteiger partial charge in [-0.05, 0) is 43.0 Å². The van der Waals surface area contributed by atoms with Gasteiger partial charge in [-0.1, -0.05) is 15.9 Å². The first-order valence-corrected chi connectivity index (χ1v) is 10.1. The highest BCUT2D eigenvalue weighted by Crippen LogP contribution is 2.18. The van der Waals surface area contributed by atoms with Gasteiger partial charge < -0.3 is 9.64 Å². The summed E-state index contributed by atoms with van der Waals surface area (Å²) < 4.78 is 31.3. The highest BCUT2D eigenvalue weighted by molar-refractivity contribution is 9.10. The first-order valence-electron chi connectivity index (χ1n) is 7.44. The van der Waals surface area contributed by atoms with Crippen LogP contribution in [0.2, 0.25) is 0 Å². The molecule has 1 N–H and O–H groups in total. The first kappa shape index (κ1) is 18.2. The van der Waals surface area contributed by atoms with Gasteiger partial charge in [0.05, 0.1) is 6.26 Å². The second kappa shape index (κ2) is 8.12. The van der Waals surface area contributed by atoms with Crippen LogP contribution in [0.5, 0.6) is 5.75 Å². The van der Waals surface area contributed by atoms with Crippen LogP contribution in [0.3, 0.4) is 0 Å². The third-order valence-corrected chi connectivity index (χ3v) is 4.90. The number of carbonyl (C=O) groups is 1. The number of sulfonamides is 1. The molecule has 23 heavy (non-hydrogen) atoms. The number of carbonyl (C=O) groups excluding carboxylic acids is 1. The minimum Gasteiger partial charge on any atom is -0.484 e. The standard InChI is InChI=1S/C15H21BrN2O4S/c1-23(20,21)17-9-12-3-2-8-18(10-12)15(19)11-22-14-6-4-13(16)5-7-14/h4-7,12,17H,2-3,8-11H2,1H3. The van der Waals surface area contributed by atoms with Crippen LogP contribution in [-0.4, -0.2) is 51.7 Å². The van der Waals surface area contributed by atoms with Crippen molar-refractivity contribution >= 4 is 31.9 Å². The summed E-state index contributed by atoms with van der Waals surface area (Å²) in [5.74, 6) is 0.723. The number of amides is 1. The largest absolute Gasteiger partial charge is 0.484 e. The lowest BCUT2D eigenvalue weighted by atomic mass is 9.98. The first-order chi connectivity index (χ1) is 10.8. The second-order valence-corrected chi connectivity index (χ2v) is 8.46. The van der Waals surface area contributed by atoms with Gasteiger partial charge >= 0.3 is 0 Å². The number of likely N-dealkylation sites (tertiary alicyclic amines) is 1. The molecule has 0 radical (unpaired) electrons. The van der Waals surface area contributed by atoms with Crippen LogP contribution in [0.25, 0.3) is 0 Å². The number of piperidine rings is 1. The Morgan fingerprint density at radius 1 is 1.39 bits per heavy atom. The average Bonchev–Trinajstić information content (AvgIpc) is 2.52. The number of nitrogens with one attached hydrogen (secondary N) is 1. The molecule has 1 aromatic carbocycles. The fraction of sp³-hybridized carbons (Fsp3) is 0.533. The maximum absolute atomic E-state index is 12.2. The van der Waals surface area contributed by atoms with Crippen molar-refractivity contribution < 1.29 is 17.9 Å². The second-order valence-electron chi connectivity index (χ2n) is 5.71. The summed E-state index contributed by atoms with van der Waals surface area (Å²) >= 11 is 3.34. The van der Waals surface area contributed by atoms with Crippen molar-refractivity contribution in [3.05, 3.63) is 28.7 Å². The number of hydrogen-bond acceptors (Lipinski definition) is 4. The maximum atomic E-state index is 12.2. The Labute approximate surface area is 145 Å². The van der Waals surface area contributed by atoms with Crippen molar-refractivity contribution in [1.29, 1.82) is 0 Å². The average molecular weight is 405 g/mol. The smallest absolute Gasteiger partial charge is 0.260 e. The van der Waals surface area contributed by atoms with Gasteiger partial charge in [0, 0.05) is 24.1 Å². The number of benzene rings is 1. The Morgan fingerprint density at radius 3 is 2.74 bits per heavy atom. The predicted molar refractivity (Wildman–Crippen MR) is 91.8 cm³/mol. The highest BCUT2D eigenvalue weighted by atomic mass is 79.9. The molecule has 1 fully saturated rings. The van der Waals surface area contributed by atoms with Gasteiger partial charge in [0.1, 0.15) is 5.75 Å². The monoisotopic (exact) mass is 404 g/mol. The Bertz CT molecular complexity index is 633. The van der Waals surface area contributed by atoms with E-state index >= 15 is 0 Å². The number of hydrogen-bond donors (Lipinski definition) is 1. The van der Waals surface area contributed by atoms with Gasteiger partial charge in [-0.15, -0.1) is 0 Å². The molecule has 1 saturated heterocycles. The van der Waals surface area contributed by atoms with Crippen LogP contribution in [0, 0.1) is 5.92 Å². The molecule has 128 valence electrons. The van der Waals surface area contributed by atoms with Crippen molar-refractivity contribution in [3.8, 4) is 5.75 Å². The van der Waals surface area contributed by atoms with Crippen LogP contribution in [-0.2, 0) is 14.8 Å². The zero-order valence-electron chi connectivity index (χ0n) is 13.0. The van der Waals surface area contributed by atoms with Crippen molar-refractivity contribution in [1.82, 2.24) is 9.62 Å².